The van der Waals surface area contributed by atoms with Gasteiger partial charge < -0.3 is 0 Å². The van der Waals surface area contributed by atoms with Gasteiger partial charge in [0, 0.05) is 12.0 Å². The van der Waals surface area contributed by atoms with Crippen LogP contribution >= 0.6 is 0 Å². The SMILES string of the molecule is O=C1c2ccccc2C[C@@H]1N1C(=O)c2ccccc2C1=O. The van der Waals surface area contributed by atoms with E-state index in [1.165, 1.54) is 0 Å². The van der Waals surface area contributed by atoms with Crippen molar-refractivity contribution < 1.29 is 14.4 Å². The maximum atomic E-state index is 12.5. The molecule has 4 nitrogen and oxygen atoms in total. The number of nitrogens with zero attached hydrogens (tertiary/aromatic N) is 1. The number of hydrogen-bond donors (Lipinski definition) is 0. The van der Waals surface area contributed by atoms with Crippen LogP contribution in [-0.4, -0.2) is 28.5 Å². The topological polar surface area (TPSA) is 54.5 Å². The van der Waals surface area contributed by atoms with Gasteiger partial charge in [-0.3, -0.25) is 19.3 Å². The van der Waals surface area contributed by atoms with Crippen molar-refractivity contribution in [2.45, 2.75) is 12.5 Å². The summed E-state index contributed by atoms with van der Waals surface area (Å²) in [6, 6.07) is 13.2. The summed E-state index contributed by atoms with van der Waals surface area (Å²) >= 11 is 0. The number of carbonyl (C=O) groups is 3. The van der Waals surface area contributed by atoms with Crippen molar-refractivity contribution in [3.63, 3.8) is 0 Å². The summed E-state index contributed by atoms with van der Waals surface area (Å²) in [4.78, 5) is 38.5. The molecule has 0 unspecified atom stereocenters. The Labute approximate surface area is 121 Å². The van der Waals surface area contributed by atoms with Crippen LogP contribution in [0.1, 0.15) is 36.6 Å². The summed E-state index contributed by atoms with van der Waals surface area (Å²) in [6.07, 6.45) is 0.403. The molecule has 0 bridgehead atoms. The highest BCUT2D eigenvalue weighted by Gasteiger charge is 2.45. The van der Waals surface area contributed by atoms with Crippen molar-refractivity contribution in [1.29, 1.82) is 0 Å². The minimum atomic E-state index is -0.713. The molecule has 4 rings (SSSR count). The van der Waals surface area contributed by atoms with Crippen LogP contribution in [-0.2, 0) is 6.42 Å². The Morgan fingerprint density at radius 2 is 1.29 bits per heavy atom. The number of imide groups is 1. The van der Waals surface area contributed by atoms with E-state index in [-0.39, 0.29) is 17.6 Å². The van der Waals surface area contributed by atoms with E-state index in [2.05, 4.69) is 0 Å². The van der Waals surface area contributed by atoms with E-state index in [1.807, 2.05) is 12.1 Å². The summed E-state index contributed by atoms with van der Waals surface area (Å²) in [5, 5.41) is 0. The Kier molecular flexibility index (Phi) is 2.36. The maximum Gasteiger partial charge on any atom is 0.262 e. The highest BCUT2D eigenvalue weighted by molar-refractivity contribution is 6.24. The third-order valence-electron chi connectivity index (χ3n) is 4.14. The standard InChI is InChI=1S/C17H11NO3/c19-15-11-6-2-1-5-10(11)9-14(15)18-16(20)12-7-3-4-8-13(12)17(18)21/h1-8,14H,9H2/t14-/m0/s1. The first-order valence-electron chi connectivity index (χ1n) is 6.77. The maximum absolute atomic E-state index is 12.5. The average Bonchev–Trinajstić information content (AvgIpc) is 2.96. The quantitative estimate of drug-likeness (QED) is 0.750. The lowest BCUT2D eigenvalue weighted by molar-refractivity contribution is 0.0551. The molecule has 2 aromatic carbocycles. The van der Waals surface area contributed by atoms with Crippen LogP contribution in [0, 0.1) is 0 Å². The smallest absolute Gasteiger partial charge is 0.262 e. The molecule has 1 atom stereocenters. The van der Waals surface area contributed by atoms with Gasteiger partial charge in [0.2, 0.25) is 0 Å². The van der Waals surface area contributed by atoms with Crippen molar-refractivity contribution in [3.05, 3.63) is 70.8 Å². The fourth-order valence-electron chi connectivity index (χ4n) is 3.12. The largest absolute Gasteiger partial charge is 0.292 e. The summed E-state index contributed by atoms with van der Waals surface area (Å²) < 4.78 is 0. The first-order valence-corrected chi connectivity index (χ1v) is 6.77. The Morgan fingerprint density at radius 3 is 1.86 bits per heavy atom. The minimum Gasteiger partial charge on any atom is -0.292 e. The molecule has 2 aliphatic rings. The fourth-order valence-corrected chi connectivity index (χ4v) is 3.12. The van der Waals surface area contributed by atoms with Gasteiger partial charge in [0.1, 0.15) is 6.04 Å². The van der Waals surface area contributed by atoms with Crippen molar-refractivity contribution >= 4 is 17.6 Å². The number of benzene rings is 2. The van der Waals surface area contributed by atoms with Gasteiger partial charge in [-0.25, -0.2) is 0 Å². The minimum absolute atomic E-state index is 0.153. The van der Waals surface area contributed by atoms with Gasteiger partial charge in [0.25, 0.3) is 11.8 Å². The van der Waals surface area contributed by atoms with E-state index in [0.29, 0.717) is 23.1 Å². The normalized spacial score (nSPS) is 19.9. The number of hydrogen-bond acceptors (Lipinski definition) is 3. The molecule has 21 heavy (non-hydrogen) atoms. The first kappa shape index (κ1) is 12.0. The highest BCUT2D eigenvalue weighted by atomic mass is 16.2. The van der Waals surface area contributed by atoms with Gasteiger partial charge in [-0.05, 0) is 17.7 Å². The van der Waals surface area contributed by atoms with Gasteiger partial charge in [0.15, 0.2) is 5.78 Å². The van der Waals surface area contributed by atoms with Gasteiger partial charge >= 0.3 is 0 Å². The van der Waals surface area contributed by atoms with Gasteiger partial charge in [-0.2, -0.15) is 0 Å². The van der Waals surface area contributed by atoms with Crippen LogP contribution in [0.15, 0.2) is 48.5 Å². The lowest BCUT2D eigenvalue weighted by Gasteiger charge is -2.20. The average molecular weight is 277 g/mol. The second kappa shape index (κ2) is 4.12. The molecule has 0 N–H and O–H groups in total. The molecule has 2 amide bonds. The van der Waals surface area contributed by atoms with E-state index in [1.54, 1.807) is 36.4 Å². The predicted octanol–water partition coefficient (Wildman–Crippen LogP) is 2.09. The van der Waals surface area contributed by atoms with Crippen molar-refractivity contribution in [2.75, 3.05) is 0 Å². The van der Waals surface area contributed by atoms with Crippen LogP contribution in [0.5, 0.6) is 0 Å². The second-order valence-corrected chi connectivity index (χ2v) is 5.27. The predicted molar refractivity (Wildman–Crippen MR) is 75.2 cm³/mol. The van der Waals surface area contributed by atoms with E-state index < -0.39 is 6.04 Å². The number of fused-ring (bicyclic) bond motifs is 2. The molecule has 1 heterocycles. The zero-order chi connectivity index (χ0) is 14.6. The number of carbonyl (C=O) groups excluding carboxylic acids is 3. The fraction of sp³-hybridized carbons (Fsp3) is 0.118. The monoisotopic (exact) mass is 277 g/mol. The third-order valence-corrected chi connectivity index (χ3v) is 4.14. The summed E-state index contributed by atoms with van der Waals surface area (Å²) in [6.45, 7) is 0. The molecule has 0 saturated carbocycles. The first-order chi connectivity index (χ1) is 10.2. The Morgan fingerprint density at radius 1 is 0.762 bits per heavy atom. The molecule has 0 radical (unpaired) electrons. The molecule has 1 aliphatic heterocycles. The highest BCUT2D eigenvalue weighted by Crippen LogP contribution is 2.31. The van der Waals surface area contributed by atoms with E-state index in [0.717, 1.165) is 10.5 Å². The molecule has 0 fully saturated rings. The summed E-state index contributed by atoms with van der Waals surface area (Å²) in [7, 11) is 0. The number of amides is 2. The molecule has 1 aliphatic carbocycles. The van der Waals surface area contributed by atoms with Crippen LogP contribution in [0.2, 0.25) is 0 Å². The molecule has 4 heteroatoms. The van der Waals surface area contributed by atoms with Crippen LogP contribution in [0.4, 0.5) is 0 Å². The van der Waals surface area contributed by atoms with Gasteiger partial charge in [-0.1, -0.05) is 36.4 Å². The zero-order valence-electron chi connectivity index (χ0n) is 11.1. The molecular formula is C17H11NO3. The third kappa shape index (κ3) is 1.53. The Balaban J connectivity index is 1.76. The van der Waals surface area contributed by atoms with E-state index in [9.17, 15) is 14.4 Å². The molecular weight excluding hydrogens is 266 g/mol. The van der Waals surface area contributed by atoms with Crippen molar-refractivity contribution in [2.24, 2.45) is 0 Å². The van der Waals surface area contributed by atoms with Crippen LogP contribution < -0.4 is 0 Å². The molecule has 0 spiro atoms. The lowest BCUT2D eigenvalue weighted by atomic mass is 10.1. The van der Waals surface area contributed by atoms with Crippen molar-refractivity contribution in [3.8, 4) is 0 Å². The zero-order valence-corrected chi connectivity index (χ0v) is 11.1. The Bertz CT molecular complexity index is 774. The van der Waals surface area contributed by atoms with Gasteiger partial charge in [0.05, 0.1) is 11.1 Å². The molecule has 0 saturated heterocycles. The Hall–Kier alpha value is -2.75. The molecule has 0 aromatic heterocycles. The summed E-state index contributed by atoms with van der Waals surface area (Å²) in [5.41, 5.74) is 2.26. The van der Waals surface area contributed by atoms with Gasteiger partial charge in [-0.15, -0.1) is 0 Å². The van der Waals surface area contributed by atoms with E-state index in [4.69, 9.17) is 0 Å². The number of rotatable bonds is 1. The molecule has 2 aromatic rings. The number of ketones is 1. The number of Topliss-reactive ketones (excluding diaryl/α,β-unsaturated/α-hetero) is 1. The van der Waals surface area contributed by atoms with Crippen LogP contribution in [0.25, 0.3) is 0 Å². The van der Waals surface area contributed by atoms with E-state index >= 15 is 0 Å². The lowest BCUT2D eigenvalue weighted by Crippen LogP contribution is -2.43. The molecule has 102 valence electrons. The summed E-state index contributed by atoms with van der Waals surface area (Å²) in [5.74, 6) is -0.899. The second-order valence-electron chi connectivity index (χ2n) is 5.27. The van der Waals surface area contributed by atoms with Crippen LogP contribution in [0.3, 0.4) is 0 Å². The van der Waals surface area contributed by atoms with Crippen molar-refractivity contribution in [1.82, 2.24) is 4.90 Å².